The van der Waals surface area contributed by atoms with Gasteiger partial charge in [0.1, 0.15) is 0 Å². The van der Waals surface area contributed by atoms with E-state index >= 15 is 0 Å². The van der Waals surface area contributed by atoms with Gasteiger partial charge in [-0.1, -0.05) is 26.7 Å². The van der Waals surface area contributed by atoms with Crippen LogP contribution in [0.5, 0.6) is 0 Å². The minimum atomic E-state index is 1.01. The van der Waals surface area contributed by atoms with Gasteiger partial charge in [-0.3, -0.25) is 0 Å². The van der Waals surface area contributed by atoms with Crippen molar-refractivity contribution < 1.29 is 0 Å². The van der Waals surface area contributed by atoms with Crippen molar-refractivity contribution in [2.24, 2.45) is 11.8 Å². The second-order valence-corrected chi connectivity index (χ2v) is 3.80. The van der Waals surface area contributed by atoms with E-state index in [4.69, 9.17) is 0 Å². The second-order valence-electron chi connectivity index (χ2n) is 3.80. The summed E-state index contributed by atoms with van der Waals surface area (Å²) in [5.74, 6) is 2.08. The number of hydrogen-bond acceptors (Lipinski definition) is 1. The maximum absolute atomic E-state index is 3.41. The van der Waals surface area contributed by atoms with Gasteiger partial charge in [-0.15, -0.1) is 0 Å². The van der Waals surface area contributed by atoms with E-state index < -0.39 is 0 Å². The molecule has 0 spiro atoms. The summed E-state index contributed by atoms with van der Waals surface area (Å²) >= 11 is 0. The summed E-state index contributed by atoms with van der Waals surface area (Å²) < 4.78 is 0. The molecule has 66 valence electrons. The first-order valence-corrected chi connectivity index (χ1v) is 5.07. The van der Waals surface area contributed by atoms with Crippen molar-refractivity contribution in [3.63, 3.8) is 0 Å². The van der Waals surface area contributed by atoms with Crippen molar-refractivity contribution in [3.8, 4) is 0 Å². The lowest BCUT2D eigenvalue weighted by atomic mass is 9.73. The third kappa shape index (κ3) is 2.82. The maximum atomic E-state index is 3.41. The third-order valence-corrected chi connectivity index (χ3v) is 2.71. The van der Waals surface area contributed by atoms with Crippen LogP contribution in [0, 0.1) is 11.8 Å². The summed E-state index contributed by atoms with van der Waals surface area (Å²) in [5.41, 5.74) is 0. The highest BCUT2D eigenvalue weighted by molar-refractivity contribution is 4.80. The molecule has 0 amide bonds. The predicted molar refractivity (Wildman–Crippen MR) is 49.7 cm³/mol. The first kappa shape index (κ1) is 9.05. The van der Waals surface area contributed by atoms with Crippen molar-refractivity contribution in [1.82, 2.24) is 5.32 Å². The standard InChI is InChI=1S/C10H21N/c1-3-5-9-6-10(7-9)8-11-4-2/h9-11H,3-8H2,1-2H3. The molecule has 0 aromatic heterocycles. The minimum absolute atomic E-state index is 1.01. The summed E-state index contributed by atoms with van der Waals surface area (Å²) in [6, 6.07) is 0. The Morgan fingerprint density at radius 1 is 1.18 bits per heavy atom. The fourth-order valence-electron chi connectivity index (χ4n) is 2.03. The highest BCUT2D eigenvalue weighted by Gasteiger charge is 2.27. The average molecular weight is 155 g/mol. The Bertz CT molecular complexity index is 95.0. The zero-order valence-corrected chi connectivity index (χ0v) is 7.90. The first-order valence-electron chi connectivity index (χ1n) is 5.07. The molecule has 1 saturated carbocycles. The summed E-state index contributed by atoms with van der Waals surface area (Å²) in [6.07, 6.45) is 5.81. The molecular weight excluding hydrogens is 134 g/mol. The van der Waals surface area contributed by atoms with Gasteiger partial charge in [0.2, 0.25) is 0 Å². The molecule has 1 aliphatic rings. The molecule has 0 atom stereocenters. The lowest BCUT2D eigenvalue weighted by Gasteiger charge is -2.35. The van der Waals surface area contributed by atoms with Crippen LogP contribution in [0.15, 0.2) is 0 Å². The quantitative estimate of drug-likeness (QED) is 0.643. The van der Waals surface area contributed by atoms with Crippen molar-refractivity contribution in [2.75, 3.05) is 13.1 Å². The number of hydrogen-bond donors (Lipinski definition) is 1. The lowest BCUT2D eigenvalue weighted by Crippen LogP contribution is -2.32. The van der Waals surface area contributed by atoms with Gasteiger partial charge in [0, 0.05) is 0 Å². The maximum Gasteiger partial charge on any atom is -0.00204 e. The van der Waals surface area contributed by atoms with E-state index in [2.05, 4.69) is 19.2 Å². The number of rotatable bonds is 5. The molecule has 0 aromatic rings. The molecule has 0 saturated heterocycles. The van der Waals surface area contributed by atoms with E-state index in [0.29, 0.717) is 0 Å². The van der Waals surface area contributed by atoms with Crippen LogP contribution in [-0.4, -0.2) is 13.1 Å². The predicted octanol–water partition coefficient (Wildman–Crippen LogP) is 2.42. The van der Waals surface area contributed by atoms with Crippen LogP contribution in [0.2, 0.25) is 0 Å². The van der Waals surface area contributed by atoms with Crippen LogP contribution in [-0.2, 0) is 0 Å². The summed E-state index contributed by atoms with van der Waals surface area (Å²) in [7, 11) is 0. The molecule has 1 fully saturated rings. The molecule has 1 rings (SSSR count). The first-order chi connectivity index (χ1) is 5.36. The van der Waals surface area contributed by atoms with Crippen molar-refractivity contribution in [3.05, 3.63) is 0 Å². The van der Waals surface area contributed by atoms with Gasteiger partial charge >= 0.3 is 0 Å². The van der Waals surface area contributed by atoms with Crippen LogP contribution >= 0.6 is 0 Å². The minimum Gasteiger partial charge on any atom is -0.317 e. The molecule has 0 radical (unpaired) electrons. The lowest BCUT2D eigenvalue weighted by molar-refractivity contribution is 0.177. The average Bonchev–Trinajstić information content (AvgIpc) is 1.94. The Morgan fingerprint density at radius 2 is 1.91 bits per heavy atom. The summed E-state index contributed by atoms with van der Waals surface area (Å²) in [5, 5.41) is 3.41. The van der Waals surface area contributed by atoms with E-state index in [1.807, 2.05) is 0 Å². The zero-order chi connectivity index (χ0) is 8.10. The van der Waals surface area contributed by atoms with Gasteiger partial charge in [0.05, 0.1) is 0 Å². The Balaban J connectivity index is 1.92. The monoisotopic (exact) mass is 155 g/mol. The van der Waals surface area contributed by atoms with E-state index in [9.17, 15) is 0 Å². The largest absolute Gasteiger partial charge is 0.317 e. The van der Waals surface area contributed by atoms with Gasteiger partial charge in [-0.2, -0.15) is 0 Å². The second kappa shape index (κ2) is 4.76. The van der Waals surface area contributed by atoms with Gasteiger partial charge in [-0.25, -0.2) is 0 Å². The van der Waals surface area contributed by atoms with E-state index in [-0.39, 0.29) is 0 Å². The van der Waals surface area contributed by atoms with E-state index in [0.717, 1.165) is 18.4 Å². The van der Waals surface area contributed by atoms with Crippen molar-refractivity contribution >= 4 is 0 Å². The van der Waals surface area contributed by atoms with Gasteiger partial charge < -0.3 is 5.32 Å². The molecule has 11 heavy (non-hydrogen) atoms. The summed E-state index contributed by atoms with van der Waals surface area (Å²) in [6.45, 7) is 6.87. The van der Waals surface area contributed by atoms with Crippen LogP contribution in [0.25, 0.3) is 0 Å². The molecule has 0 aliphatic heterocycles. The van der Waals surface area contributed by atoms with Gasteiger partial charge in [0.25, 0.3) is 0 Å². The van der Waals surface area contributed by atoms with E-state index in [1.54, 1.807) is 0 Å². The normalized spacial score (nSPS) is 30.0. The Labute approximate surface area is 70.6 Å². The molecule has 0 unspecified atom stereocenters. The molecule has 0 heterocycles. The molecule has 1 nitrogen and oxygen atoms in total. The fourth-order valence-corrected chi connectivity index (χ4v) is 2.03. The zero-order valence-electron chi connectivity index (χ0n) is 7.90. The molecular formula is C10H21N. The van der Waals surface area contributed by atoms with E-state index in [1.165, 1.54) is 32.2 Å². The van der Waals surface area contributed by atoms with Crippen molar-refractivity contribution in [2.45, 2.75) is 39.5 Å². The van der Waals surface area contributed by atoms with Crippen LogP contribution in [0.4, 0.5) is 0 Å². The smallest absolute Gasteiger partial charge is 0.00204 e. The van der Waals surface area contributed by atoms with Crippen LogP contribution in [0.1, 0.15) is 39.5 Å². The third-order valence-electron chi connectivity index (χ3n) is 2.71. The van der Waals surface area contributed by atoms with Gasteiger partial charge in [0.15, 0.2) is 0 Å². The summed E-state index contributed by atoms with van der Waals surface area (Å²) in [4.78, 5) is 0. The molecule has 1 aliphatic carbocycles. The molecule has 1 heteroatoms. The SMILES string of the molecule is CCCC1CC(CNCC)C1. The molecule has 1 N–H and O–H groups in total. The Kier molecular flexibility index (Phi) is 3.92. The fraction of sp³-hybridized carbons (Fsp3) is 1.00. The van der Waals surface area contributed by atoms with Gasteiger partial charge in [-0.05, 0) is 37.8 Å². The van der Waals surface area contributed by atoms with Crippen LogP contribution < -0.4 is 5.32 Å². The molecule has 0 bridgehead atoms. The van der Waals surface area contributed by atoms with Crippen LogP contribution in [0.3, 0.4) is 0 Å². The highest BCUT2D eigenvalue weighted by Crippen LogP contribution is 2.36. The highest BCUT2D eigenvalue weighted by atomic mass is 14.8. The number of nitrogens with one attached hydrogen (secondary N) is 1. The van der Waals surface area contributed by atoms with Crippen molar-refractivity contribution in [1.29, 1.82) is 0 Å². The Morgan fingerprint density at radius 3 is 2.45 bits per heavy atom. The molecule has 0 aromatic carbocycles. The Hall–Kier alpha value is -0.0400. The topological polar surface area (TPSA) is 12.0 Å².